The molecular formula is C17H19BrO4. The number of rotatable bonds is 8. The molecule has 2 atom stereocenters. The van der Waals surface area contributed by atoms with Gasteiger partial charge in [0.15, 0.2) is 0 Å². The van der Waals surface area contributed by atoms with Crippen LogP contribution in [-0.4, -0.2) is 35.6 Å². The van der Waals surface area contributed by atoms with Gasteiger partial charge >= 0.3 is 0 Å². The molecule has 0 aliphatic rings. The van der Waals surface area contributed by atoms with Gasteiger partial charge < -0.3 is 19.7 Å². The molecule has 5 heteroatoms. The zero-order valence-electron chi connectivity index (χ0n) is 12.1. The number of hydrogen-bond donors (Lipinski definition) is 2. The van der Waals surface area contributed by atoms with E-state index < -0.39 is 12.2 Å². The lowest BCUT2D eigenvalue weighted by Crippen LogP contribution is -2.27. The van der Waals surface area contributed by atoms with E-state index in [0.717, 1.165) is 4.47 Å². The van der Waals surface area contributed by atoms with E-state index in [4.69, 9.17) is 9.47 Å². The van der Waals surface area contributed by atoms with Gasteiger partial charge in [-0.2, -0.15) is 0 Å². The fraction of sp³-hybridized carbons (Fsp3) is 0.294. The SMILES string of the molecule is OC(COc1ccccc1)CC(O)COc1ccc(Br)cc1. The van der Waals surface area contributed by atoms with Gasteiger partial charge in [0.25, 0.3) is 0 Å². The molecule has 0 fully saturated rings. The third-order valence-electron chi connectivity index (χ3n) is 2.99. The first-order valence-electron chi connectivity index (χ1n) is 7.06. The van der Waals surface area contributed by atoms with Crippen molar-refractivity contribution in [3.8, 4) is 11.5 Å². The predicted octanol–water partition coefficient (Wildman–Crippen LogP) is 3.02. The van der Waals surface area contributed by atoms with Crippen LogP contribution in [0.3, 0.4) is 0 Å². The van der Waals surface area contributed by atoms with Crippen molar-refractivity contribution in [3.05, 3.63) is 59.1 Å². The van der Waals surface area contributed by atoms with Crippen LogP contribution in [0.5, 0.6) is 11.5 Å². The van der Waals surface area contributed by atoms with Gasteiger partial charge in [0.05, 0.1) is 12.2 Å². The second-order valence-electron chi connectivity index (χ2n) is 4.93. The second-order valence-corrected chi connectivity index (χ2v) is 5.85. The summed E-state index contributed by atoms with van der Waals surface area (Å²) >= 11 is 3.34. The Hall–Kier alpha value is -1.56. The lowest BCUT2D eigenvalue weighted by Gasteiger charge is -2.17. The normalized spacial score (nSPS) is 13.4. The van der Waals surface area contributed by atoms with Crippen LogP contribution in [-0.2, 0) is 0 Å². The highest BCUT2D eigenvalue weighted by atomic mass is 79.9. The van der Waals surface area contributed by atoms with Gasteiger partial charge in [0, 0.05) is 10.9 Å². The minimum absolute atomic E-state index is 0.129. The highest BCUT2D eigenvalue weighted by Gasteiger charge is 2.13. The van der Waals surface area contributed by atoms with Crippen molar-refractivity contribution in [2.45, 2.75) is 18.6 Å². The molecule has 2 N–H and O–H groups in total. The number of hydrogen-bond acceptors (Lipinski definition) is 4. The van der Waals surface area contributed by atoms with Crippen LogP contribution < -0.4 is 9.47 Å². The van der Waals surface area contributed by atoms with Gasteiger partial charge in [-0.3, -0.25) is 0 Å². The maximum Gasteiger partial charge on any atom is 0.119 e. The van der Waals surface area contributed by atoms with Crippen molar-refractivity contribution >= 4 is 15.9 Å². The molecule has 0 saturated carbocycles. The molecule has 0 radical (unpaired) electrons. The van der Waals surface area contributed by atoms with Crippen LogP contribution in [0.1, 0.15) is 6.42 Å². The van der Waals surface area contributed by atoms with E-state index in [1.54, 1.807) is 0 Å². The fourth-order valence-corrected chi connectivity index (χ4v) is 2.15. The summed E-state index contributed by atoms with van der Waals surface area (Å²) in [4.78, 5) is 0. The lowest BCUT2D eigenvalue weighted by molar-refractivity contribution is 0.0284. The zero-order valence-corrected chi connectivity index (χ0v) is 13.6. The molecule has 2 rings (SSSR count). The zero-order chi connectivity index (χ0) is 15.8. The molecule has 118 valence electrons. The Balaban J connectivity index is 1.67. The number of ether oxygens (including phenoxy) is 2. The molecule has 0 spiro atoms. The quantitative estimate of drug-likeness (QED) is 0.753. The van der Waals surface area contributed by atoms with Crippen LogP contribution in [0.2, 0.25) is 0 Å². The molecule has 0 aliphatic carbocycles. The number of benzene rings is 2. The summed E-state index contributed by atoms with van der Waals surface area (Å²) in [7, 11) is 0. The smallest absolute Gasteiger partial charge is 0.119 e. The van der Waals surface area contributed by atoms with E-state index >= 15 is 0 Å². The maximum absolute atomic E-state index is 9.88. The van der Waals surface area contributed by atoms with E-state index in [2.05, 4.69) is 15.9 Å². The van der Waals surface area contributed by atoms with Gasteiger partial charge in [-0.05, 0) is 36.4 Å². The van der Waals surface area contributed by atoms with Crippen molar-refractivity contribution in [3.63, 3.8) is 0 Å². The van der Waals surface area contributed by atoms with Crippen LogP contribution in [0, 0.1) is 0 Å². The van der Waals surface area contributed by atoms with Crippen LogP contribution in [0.15, 0.2) is 59.1 Å². The van der Waals surface area contributed by atoms with E-state index in [0.29, 0.717) is 11.5 Å². The van der Waals surface area contributed by atoms with Crippen LogP contribution in [0.4, 0.5) is 0 Å². The molecule has 0 aliphatic heterocycles. The molecule has 2 aromatic rings. The van der Waals surface area contributed by atoms with Crippen molar-refractivity contribution in [2.24, 2.45) is 0 Å². The Bertz CT molecular complexity index is 544. The number of para-hydroxylation sites is 1. The maximum atomic E-state index is 9.88. The van der Waals surface area contributed by atoms with E-state index in [9.17, 15) is 10.2 Å². The predicted molar refractivity (Wildman–Crippen MR) is 88.2 cm³/mol. The van der Waals surface area contributed by atoms with Crippen molar-refractivity contribution in [1.29, 1.82) is 0 Å². The Kier molecular flexibility index (Phi) is 6.71. The summed E-state index contributed by atoms with van der Waals surface area (Å²) in [6.07, 6.45) is -1.30. The third kappa shape index (κ3) is 6.05. The van der Waals surface area contributed by atoms with Gasteiger partial charge in [-0.15, -0.1) is 0 Å². The molecule has 4 nitrogen and oxygen atoms in total. The third-order valence-corrected chi connectivity index (χ3v) is 3.51. The van der Waals surface area contributed by atoms with Gasteiger partial charge in [-0.25, -0.2) is 0 Å². The summed E-state index contributed by atoms with van der Waals surface area (Å²) in [5.41, 5.74) is 0. The first-order valence-corrected chi connectivity index (χ1v) is 7.85. The van der Waals surface area contributed by atoms with Crippen LogP contribution in [0.25, 0.3) is 0 Å². The van der Waals surface area contributed by atoms with Crippen molar-refractivity contribution in [1.82, 2.24) is 0 Å². The average Bonchev–Trinajstić information content (AvgIpc) is 2.53. The minimum Gasteiger partial charge on any atom is -0.491 e. The molecular weight excluding hydrogens is 348 g/mol. The molecule has 0 bridgehead atoms. The summed E-state index contributed by atoms with van der Waals surface area (Å²) in [5.74, 6) is 1.37. The van der Waals surface area contributed by atoms with Crippen LogP contribution >= 0.6 is 15.9 Å². The molecule has 0 amide bonds. The minimum atomic E-state index is -0.752. The molecule has 0 aromatic heterocycles. The summed E-state index contributed by atoms with van der Waals surface area (Å²) in [6, 6.07) is 16.6. The highest BCUT2D eigenvalue weighted by molar-refractivity contribution is 9.10. The molecule has 2 unspecified atom stereocenters. The van der Waals surface area contributed by atoms with Gasteiger partial charge in [0.2, 0.25) is 0 Å². The first kappa shape index (κ1) is 16.8. The molecule has 2 aromatic carbocycles. The summed E-state index contributed by atoms with van der Waals surface area (Å²) < 4.78 is 11.9. The Morgan fingerprint density at radius 2 is 1.27 bits per heavy atom. The number of aliphatic hydroxyl groups excluding tert-OH is 2. The van der Waals surface area contributed by atoms with Gasteiger partial charge in [-0.1, -0.05) is 34.1 Å². The summed E-state index contributed by atoms with van der Waals surface area (Å²) in [6.45, 7) is 0.267. The second kappa shape index (κ2) is 8.78. The Morgan fingerprint density at radius 1 is 0.773 bits per heavy atom. The monoisotopic (exact) mass is 366 g/mol. The van der Waals surface area contributed by atoms with E-state index in [1.807, 2.05) is 54.6 Å². The molecule has 22 heavy (non-hydrogen) atoms. The molecule has 0 saturated heterocycles. The Morgan fingerprint density at radius 3 is 1.82 bits per heavy atom. The Labute approximate surface area is 138 Å². The standard InChI is InChI=1S/C17H19BrO4/c18-13-6-8-17(9-7-13)22-12-15(20)10-14(19)11-21-16-4-2-1-3-5-16/h1-9,14-15,19-20H,10-12H2. The van der Waals surface area contributed by atoms with E-state index in [-0.39, 0.29) is 19.6 Å². The summed E-state index contributed by atoms with van der Waals surface area (Å²) in [5, 5.41) is 19.8. The van der Waals surface area contributed by atoms with E-state index in [1.165, 1.54) is 0 Å². The van der Waals surface area contributed by atoms with Gasteiger partial charge in [0.1, 0.15) is 24.7 Å². The fourth-order valence-electron chi connectivity index (χ4n) is 1.88. The average molecular weight is 367 g/mol. The molecule has 0 heterocycles. The topological polar surface area (TPSA) is 58.9 Å². The first-order chi connectivity index (χ1) is 10.6. The number of aliphatic hydroxyl groups is 2. The number of halogens is 1. The van der Waals surface area contributed by atoms with Crippen molar-refractivity contribution in [2.75, 3.05) is 13.2 Å². The lowest BCUT2D eigenvalue weighted by atomic mass is 10.2. The largest absolute Gasteiger partial charge is 0.491 e. The van der Waals surface area contributed by atoms with Crippen molar-refractivity contribution < 1.29 is 19.7 Å². The highest BCUT2D eigenvalue weighted by Crippen LogP contribution is 2.16.